The Balaban J connectivity index is 3.50. The van der Waals surface area contributed by atoms with E-state index in [0.29, 0.717) is 6.20 Å². The second kappa shape index (κ2) is 4.71. The van der Waals surface area contributed by atoms with E-state index in [1.54, 1.807) is 0 Å². The van der Waals surface area contributed by atoms with Gasteiger partial charge in [-0.25, -0.2) is 4.57 Å². The zero-order valence-electron chi connectivity index (χ0n) is 12.6. The highest BCUT2D eigenvalue weighted by Gasteiger charge is 2.17. The topological polar surface area (TPSA) is 117 Å². The van der Waals surface area contributed by atoms with E-state index in [2.05, 4.69) is 9.51 Å². The molecule has 0 aliphatic rings. The Hall–Kier alpha value is -1.27. The summed E-state index contributed by atoms with van der Waals surface area (Å²) in [6.45, 7) is -6.04. The molecule has 0 bridgehead atoms. The first-order chi connectivity index (χ1) is 9.29. The normalized spacial score (nSPS) is 17.8. The third-order valence-electron chi connectivity index (χ3n) is 1.48. The van der Waals surface area contributed by atoms with E-state index in [1.165, 1.54) is 0 Å². The lowest BCUT2D eigenvalue weighted by Crippen LogP contribution is -1.99. The number of aromatic nitrogens is 1. The van der Waals surface area contributed by atoms with Crippen molar-refractivity contribution in [3.8, 4) is 5.75 Å². The Morgan fingerprint density at radius 1 is 1.75 bits per heavy atom. The number of hydrogen-bond donors (Lipinski definition) is 3. The first-order valence-electron chi connectivity index (χ1n) is 6.24. The van der Waals surface area contributed by atoms with Crippen LogP contribution in [-0.4, -0.2) is 26.2 Å². The molecule has 1 aromatic rings. The van der Waals surface area contributed by atoms with Gasteiger partial charge < -0.3 is 14.9 Å². The third kappa shape index (κ3) is 3.11. The molecule has 88 valence electrons. The van der Waals surface area contributed by atoms with Crippen LogP contribution in [0.1, 0.15) is 28.5 Å². The van der Waals surface area contributed by atoms with E-state index in [-0.39, 0.29) is 6.29 Å². The van der Waals surface area contributed by atoms with Gasteiger partial charge in [0.25, 0.3) is 0 Å². The zero-order chi connectivity index (χ0) is 16.6. The zero-order valence-corrected chi connectivity index (χ0v) is 8.51. The average Bonchev–Trinajstić information content (AvgIpc) is 2.23. The van der Waals surface area contributed by atoms with Crippen molar-refractivity contribution in [2.75, 3.05) is 0 Å². The fourth-order valence-electron chi connectivity index (χ4n) is 0.824. The van der Waals surface area contributed by atoms with Gasteiger partial charge in [0.15, 0.2) is 6.29 Å². The number of aryl methyl sites for hydroxylation is 1. The second-order valence-corrected chi connectivity index (χ2v) is 3.75. The fraction of sp³-hybridized carbons (Fsp3) is 0.250. The molecule has 0 aliphatic heterocycles. The molecule has 3 N–H and O–H groups in total. The lowest BCUT2D eigenvalue weighted by molar-refractivity contribution is 0.111. The summed E-state index contributed by atoms with van der Waals surface area (Å²) in [6.07, 6.45) is 0.489. The first-order valence-corrected chi connectivity index (χ1v) is 5.27. The standard InChI is InChI=1S/C8H10NO6P/c1-5-8(11)7(3-10)6(2-9-5)4-15-16(12,13)14/h2-3,11H,4H2,1H3,(H2,12,13,14)/i1D3,4D2. The van der Waals surface area contributed by atoms with E-state index < -0.39 is 43.8 Å². The number of carbonyl (C=O) groups is 1. The number of pyridine rings is 1. The summed E-state index contributed by atoms with van der Waals surface area (Å²) >= 11 is 0. The fourth-order valence-corrected chi connectivity index (χ4v) is 1.04. The molecule has 0 amide bonds. The Kier molecular flexibility index (Phi) is 2.10. The maximum atomic E-state index is 11.0. The molecule has 8 heteroatoms. The van der Waals surface area contributed by atoms with Gasteiger partial charge in [0, 0.05) is 15.9 Å². The van der Waals surface area contributed by atoms with Crippen molar-refractivity contribution in [3.63, 3.8) is 0 Å². The van der Waals surface area contributed by atoms with Crippen LogP contribution >= 0.6 is 7.82 Å². The lowest BCUT2D eigenvalue weighted by Gasteiger charge is -2.09. The van der Waals surface area contributed by atoms with E-state index in [0.717, 1.165) is 0 Å². The summed E-state index contributed by atoms with van der Waals surface area (Å²) in [5, 5.41) is 9.70. The van der Waals surface area contributed by atoms with E-state index in [4.69, 9.17) is 16.6 Å². The average molecular weight is 252 g/mol. The van der Waals surface area contributed by atoms with Gasteiger partial charge in [-0.2, -0.15) is 0 Å². The van der Waals surface area contributed by atoms with Gasteiger partial charge in [-0.3, -0.25) is 14.3 Å². The number of carbonyl (C=O) groups excluding carboxylic acids is 1. The van der Waals surface area contributed by atoms with E-state index >= 15 is 0 Å². The first kappa shape index (κ1) is 7.13. The summed E-state index contributed by atoms with van der Waals surface area (Å²) in [5.74, 6) is -1.11. The molecule has 7 nitrogen and oxygen atoms in total. The quantitative estimate of drug-likeness (QED) is 0.528. The number of phosphoric ester groups is 1. The number of rotatable bonds is 4. The monoisotopic (exact) mass is 252 g/mol. The van der Waals surface area contributed by atoms with Crippen molar-refractivity contribution in [1.82, 2.24) is 4.98 Å². The molecular weight excluding hydrogens is 237 g/mol. The highest BCUT2D eigenvalue weighted by molar-refractivity contribution is 7.46. The maximum absolute atomic E-state index is 11.0. The van der Waals surface area contributed by atoms with Crippen LogP contribution in [0.15, 0.2) is 6.20 Å². The minimum atomic E-state index is -5.25. The number of hydrogen-bond acceptors (Lipinski definition) is 5. The smallest absolute Gasteiger partial charge is 0.469 e. The van der Waals surface area contributed by atoms with Crippen LogP contribution < -0.4 is 0 Å². The molecule has 1 aromatic heterocycles. The van der Waals surface area contributed by atoms with E-state index in [9.17, 15) is 14.5 Å². The third-order valence-corrected chi connectivity index (χ3v) is 1.81. The molecule has 0 spiro atoms. The minimum absolute atomic E-state index is 0.0670. The molecular formula is C8H10NO6P. The Morgan fingerprint density at radius 3 is 2.94 bits per heavy atom. The minimum Gasteiger partial charge on any atom is -0.505 e. The summed E-state index contributed by atoms with van der Waals surface area (Å²) in [4.78, 5) is 31.5. The molecule has 0 saturated carbocycles. The summed E-state index contributed by atoms with van der Waals surface area (Å²) < 4.78 is 50.7. The predicted octanol–water partition coefficient (Wildman–Crippen LogP) is 0.517. The number of aldehydes is 1. The highest BCUT2D eigenvalue weighted by Crippen LogP contribution is 2.37. The van der Waals surface area contributed by atoms with Crippen molar-refractivity contribution in [1.29, 1.82) is 0 Å². The molecule has 1 heterocycles. The summed E-state index contributed by atoms with van der Waals surface area (Å²) in [7, 11) is -5.25. The van der Waals surface area contributed by atoms with Crippen LogP contribution in [0.4, 0.5) is 0 Å². The Morgan fingerprint density at radius 2 is 2.44 bits per heavy atom. The molecule has 0 atom stereocenters. The van der Waals surface area contributed by atoms with Gasteiger partial charge >= 0.3 is 7.82 Å². The predicted molar refractivity (Wildman–Crippen MR) is 52.9 cm³/mol. The lowest BCUT2D eigenvalue weighted by atomic mass is 10.1. The van der Waals surface area contributed by atoms with Gasteiger partial charge in [0.2, 0.25) is 0 Å². The molecule has 0 fully saturated rings. The second-order valence-electron chi connectivity index (χ2n) is 2.58. The van der Waals surface area contributed by atoms with Crippen molar-refractivity contribution in [3.05, 3.63) is 23.0 Å². The van der Waals surface area contributed by atoms with Gasteiger partial charge in [0.1, 0.15) is 5.75 Å². The molecule has 0 unspecified atom stereocenters. The molecule has 1 rings (SSSR count). The van der Waals surface area contributed by atoms with Crippen LogP contribution in [0, 0.1) is 6.85 Å². The van der Waals surface area contributed by atoms with Crippen LogP contribution in [-0.2, 0) is 15.6 Å². The maximum Gasteiger partial charge on any atom is 0.469 e. The molecule has 0 radical (unpaired) electrons. The number of aromatic hydroxyl groups is 1. The molecule has 0 aliphatic carbocycles. The van der Waals surface area contributed by atoms with Crippen molar-refractivity contribution in [2.24, 2.45) is 0 Å². The van der Waals surface area contributed by atoms with Gasteiger partial charge in [-0.15, -0.1) is 0 Å². The highest BCUT2D eigenvalue weighted by atomic mass is 31.2. The van der Waals surface area contributed by atoms with Gasteiger partial charge in [-0.05, 0) is 6.85 Å². The van der Waals surface area contributed by atoms with Crippen LogP contribution in [0.3, 0.4) is 0 Å². The SMILES string of the molecule is [2H]C([2H])([2H])c1ncc(C([2H])([2H])OP(=O)(O)O)c(C=O)c1O. The van der Waals surface area contributed by atoms with Crippen molar-refractivity contribution in [2.45, 2.75) is 13.4 Å². The molecule has 0 saturated heterocycles. The Bertz CT molecular complexity index is 612. The Labute approximate surface area is 98.0 Å². The van der Waals surface area contributed by atoms with Crippen LogP contribution in [0.25, 0.3) is 0 Å². The van der Waals surface area contributed by atoms with Gasteiger partial charge in [0.05, 0.1) is 20.6 Å². The van der Waals surface area contributed by atoms with Crippen LogP contribution in [0.2, 0.25) is 0 Å². The largest absolute Gasteiger partial charge is 0.505 e. The summed E-state index contributed by atoms with van der Waals surface area (Å²) in [6, 6.07) is 0. The van der Waals surface area contributed by atoms with Crippen molar-refractivity contribution < 1.29 is 35.6 Å². The molecule has 16 heavy (non-hydrogen) atoms. The molecule has 0 aromatic carbocycles. The van der Waals surface area contributed by atoms with Crippen LogP contribution in [0.5, 0.6) is 5.75 Å². The van der Waals surface area contributed by atoms with Crippen molar-refractivity contribution >= 4 is 14.1 Å². The number of phosphoric acid groups is 1. The number of nitrogens with zero attached hydrogens (tertiary/aromatic N) is 1. The van der Waals surface area contributed by atoms with E-state index in [1.807, 2.05) is 0 Å². The summed E-state index contributed by atoms with van der Waals surface area (Å²) in [5.41, 5.74) is -2.48. The van der Waals surface area contributed by atoms with Gasteiger partial charge in [-0.1, -0.05) is 0 Å².